The van der Waals surface area contributed by atoms with Gasteiger partial charge in [-0.05, 0) is 22.9 Å². The zero-order valence-corrected chi connectivity index (χ0v) is 13.7. The molecule has 4 heterocycles. The molecule has 0 aliphatic carbocycles. The van der Waals surface area contributed by atoms with E-state index in [1.165, 1.54) is 22.7 Å². The SMILES string of the molecule is O=C(OC12CCN(CC1)C2)C(O)(c1cccs1)c1cccs1. The Kier molecular flexibility index (Phi) is 3.38. The highest BCUT2D eigenvalue weighted by Gasteiger charge is 2.52. The van der Waals surface area contributed by atoms with Gasteiger partial charge in [0.25, 0.3) is 0 Å². The van der Waals surface area contributed by atoms with Gasteiger partial charge in [-0.15, -0.1) is 22.7 Å². The van der Waals surface area contributed by atoms with Crippen molar-refractivity contribution in [2.24, 2.45) is 0 Å². The minimum absolute atomic E-state index is 0.403. The zero-order chi connectivity index (χ0) is 15.2. The largest absolute Gasteiger partial charge is 0.455 e. The van der Waals surface area contributed by atoms with E-state index < -0.39 is 17.2 Å². The van der Waals surface area contributed by atoms with Crippen molar-refractivity contribution in [3.05, 3.63) is 44.8 Å². The van der Waals surface area contributed by atoms with E-state index in [4.69, 9.17) is 4.74 Å². The van der Waals surface area contributed by atoms with Gasteiger partial charge < -0.3 is 9.84 Å². The molecule has 116 valence electrons. The van der Waals surface area contributed by atoms with Crippen molar-refractivity contribution in [2.75, 3.05) is 19.6 Å². The van der Waals surface area contributed by atoms with Crippen LogP contribution in [0.25, 0.3) is 0 Å². The van der Waals surface area contributed by atoms with Crippen LogP contribution in [0.15, 0.2) is 35.0 Å². The van der Waals surface area contributed by atoms with Crippen molar-refractivity contribution in [3.8, 4) is 0 Å². The van der Waals surface area contributed by atoms with Gasteiger partial charge in [-0.3, -0.25) is 4.90 Å². The first kappa shape index (κ1) is 14.4. The zero-order valence-electron chi connectivity index (χ0n) is 12.0. The molecule has 6 heteroatoms. The van der Waals surface area contributed by atoms with Crippen LogP contribution in [0.4, 0.5) is 0 Å². The number of carbonyl (C=O) groups is 1. The van der Waals surface area contributed by atoms with E-state index in [2.05, 4.69) is 4.90 Å². The van der Waals surface area contributed by atoms with E-state index in [0.29, 0.717) is 9.75 Å². The first-order valence-corrected chi connectivity index (χ1v) is 9.14. The number of fused-ring (bicyclic) bond motifs is 2. The second-order valence-electron chi connectivity index (χ2n) is 6.01. The van der Waals surface area contributed by atoms with Crippen LogP contribution in [0.2, 0.25) is 0 Å². The summed E-state index contributed by atoms with van der Waals surface area (Å²) in [6.07, 6.45) is 1.73. The Morgan fingerprint density at radius 2 is 1.77 bits per heavy atom. The monoisotopic (exact) mass is 335 g/mol. The summed E-state index contributed by atoms with van der Waals surface area (Å²) in [6.45, 7) is 2.75. The number of hydrogen-bond donors (Lipinski definition) is 1. The van der Waals surface area contributed by atoms with Crippen LogP contribution in [-0.4, -0.2) is 41.2 Å². The standard InChI is InChI=1S/C16H17NO3S2/c18-14(20-15-5-7-17(11-15)8-6-15)16(19,12-3-1-9-21-12)13-4-2-10-22-13/h1-4,9-10,19H,5-8,11H2. The summed E-state index contributed by atoms with van der Waals surface area (Å²) < 4.78 is 5.89. The second kappa shape index (κ2) is 5.16. The van der Waals surface area contributed by atoms with Gasteiger partial charge in [-0.2, -0.15) is 0 Å². The van der Waals surface area contributed by atoms with Crippen molar-refractivity contribution >= 4 is 28.6 Å². The number of ether oxygens (including phenoxy) is 1. The number of aliphatic hydroxyl groups is 1. The van der Waals surface area contributed by atoms with E-state index >= 15 is 0 Å². The van der Waals surface area contributed by atoms with E-state index in [9.17, 15) is 9.90 Å². The summed E-state index contributed by atoms with van der Waals surface area (Å²) in [6, 6.07) is 7.27. The molecule has 2 aliphatic heterocycles. The minimum atomic E-state index is -1.69. The number of esters is 1. The molecule has 0 atom stereocenters. The summed E-state index contributed by atoms with van der Waals surface area (Å²) in [5, 5.41) is 15.0. The van der Waals surface area contributed by atoms with Crippen LogP contribution in [-0.2, 0) is 15.1 Å². The Balaban J connectivity index is 1.68. The molecule has 4 rings (SSSR count). The van der Waals surface area contributed by atoms with Crippen molar-refractivity contribution in [1.29, 1.82) is 0 Å². The Hall–Kier alpha value is -1.21. The molecule has 2 bridgehead atoms. The molecule has 0 spiro atoms. The maximum atomic E-state index is 12.9. The summed E-state index contributed by atoms with van der Waals surface area (Å²) >= 11 is 2.75. The Morgan fingerprint density at radius 3 is 2.18 bits per heavy atom. The average molecular weight is 335 g/mol. The molecule has 2 fully saturated rings. The predicted molar refractivity (Wildman–Crippen MR) is 86.1 cm³/mol. The molecule has 0 aromatic carbocycles. The van der Waals surface area contributed by atoms with Crippen molar-refractivity contribution < 1.29 is 14.6 Å². The summed E-state index contributed by atoms with van der Waals surface area (Å²) in [4.78, 5) is 16.5. The number of thiophene rings is 2. The van der Waals surface area contributed by atoms with Crippen LogP contribution in [0.3, 0.4) is 0 Å². The Bertz CT molecular complexity index is 623. The first-order valence-electron chi connectivity index (χ1n) is 7.39. The fourth-order valence-electron chi connectivity index (χ4n) is 3.38. The molecule has 2 aromatic heterocycles. The first-order chi connectivity index (χ1) is 10.6. The summed E-state index contributed by atoms with van der Waals surface area (Å²) in [7, 11) is 0. The lowest BCUT2D eigenvalue weighted by atomic mass is 9.96. The van der Waals surface area contributed by atoms with Crippen molar-refractivity contribution in [3.63, 3.8) is 0 Å². The van der Waals surface area contributed by atoms with Crippen LogP contribution in [0.5, 0.6) is 0 Å². The van der Waals surface area contributed by atoms with Gasteiger partial charge in [-0.1, -0.05) is 12.1 Å². The highest BCUT2D eigenvalue weighted by molar-refractivity contribution is 7.12. The van der Waals surface area contributed by atoms with Gasteiger partial charge in [0.1, 0.15) is 5.60 Å². The number of nitrogens with zero attached hydrogens (tertiary/aromatic N) is 1. The molecule has 0 saturated carbocycles. The highest BCUT2D eigenvalue weighted by Crippen LogP contribution is 2.41. The van der Waals surface area contributed by atoms with Gasteiger partial charge in [0.2, 0.25) is 5.60 Å². The van der Waals surface area contributed by atoms with Crippen molar-refractivity contribution in [2.45, 2.75) is 24.0 Å². The fraction of sp³-hybridized carbons (Fsp3) is 0.438. The third-order valence-electron chi connectivity index (χ3n) is 4.64. The van der Waals surface area contributed by atoms with Gasteiger partial charge in [0, 0.05) is 32.5 Å². The van der Waals surface area contributed by atoms with E-state index in [-0.39, 0.29) is 0 Å². The van der Waals surface area contributed by atoms with Crippen LogP contribution in [0, 0.1) is 0 Å². The molecular formula is C16H17NO3S2. The lowest BCUT2D eigenvalue weighted by Gasteiger charge is -2.31. The summed E-state index contributed by atoms with van der Waals surface area (Å²) in [5.74, 6) is -0.541. The maximum Gasteiger partial charge on any atom is 0.350 e. The Labute approximate surface area is 137 Å². The number of carbonyl (C=O) groups excluding carboxylic acids is 1. The molecule has 2 aromatic rings. The third-order valence-corrected chi connectivity index (χ3v) is 6.60. The smallest absolute Gasteiger partial charge is 0.350 e. The molecule has 1 N–H and O–H groups in total. The quantitative estimate of drug-likeness (QED) is 0.872. The lowest BCUT2D eigenvalue weighted by Crippen LogP contribution is -2.44. The minimum Gasteiger partial charge on any atom is -0.455 e. The lowest BCUT2D eigenvalue weighted by molar-refractivity contribution is -0.175. The molecule has 0 unspecified atom stereocenters. The molecule has 2 aliphatic rings. The Morgan fingerprint density at radius 1 is 1.18 bits per heavy atom. The van der Waals surface area contributed by atoms with E-state index in [1.807, 2.05) is 22.9 Å². The van der Waals surface area contributed by atoms with E-state index in [1.54, 1.807) is 12.1 Å². The number of hydrogen-bond acceptors (Lipinski definition) is 6. The van der Waals surface area contributed by atoms with Crippen LogP contribution < -0.4 is 0 Å². The van der Waals surface area contributed by atoms with E-state index in [0.717, 1.165) is 32.5 Å². The van der Waals surface area contributed by atoms with Crippen LogP contribution >= 0.6 is 22.7 Å². The van der Waals surface area contributed by atoms with Crippen LogP contribution in [0.1, 0.15) is 22.6 Å². The van der Waals surface area contributed by atoms with Crippen molar-refractivity contribution in [1.82, 2.24) is 4.90 Å². The average Bonchev–Trinajstić information content (AvgIpc) is 3.29. The van der Waals surface area contributed by atoms with Gasteiger partial charge in [0.05, 0.1) is 9.75 Å². The topological polar surface area (TPSA) is 49.8 Å². The fourth-order valence-corrected chi connectivity index (χ4v) is 5.09. The van der Waals surface area contributed by atoms with Gasteiger partial charge in [-0.25, -0.2) is 4.79 Å². The van der Waals surface area contributed by atoms with Gasteiger partial charge in [0.15, 0.2) is 0 Å². The predicted octanol–water partition coefficient (Wildman–Crippen LogP) is 2.44. The molecule has 2 saturated heterocycles. The normalized spacial score (nSPS) is 27.2. The van der Waals surface area contributed by atoms with Gasteiger partial charge >= 0.3 is 5.97 Å². The molecule has 22 heavy (non-hydrogen) atoms. The highest BCUT2D eigenvalue weighted by atomic mass is 32.1. The molecular weight excluding hydrogens is 318 g/mol. The molecule has 0 radical (unpaired) electrons. The number of piperidine rings is 1. The third kappa shape index (κ3) is 2.13. The maximum absolute atomic E-state index is 12.9. The summed E-state index contributed by atoms with van der Waals surface area (Å²) in [5.41, 5.74) is -2.09. The molecule has 0 amide bonds. The molecule has 4 nitrogen and oxygen atoms in total. The second-order valence-corrected chi connectivity index (χ2v) is 7.91. The number of rotatable bonds is 4.